The average molecular weight is 383 g/mol. The van der Waals surface area contributed by atoms with E-state index < -0.39 is 10.0 Å². The highest BCUT2D eigenvalue weighted by Crippen LogP contribution is 2.30. The molecule has 0 bridgehead atoms. The first-order valence-electron chi connectivity index (χ1n) is 8.32. The largest absolute Gasteiger partial charge is 0.305 e. The van der Waals surface area contributed by atoms with Crippen molar-refractivity contribution in [2.75, 3.05) is 5.32 Å². The topological polar surface area (TPSA) is 108 Å². The number of rotatable bonds is 5. The fourth-order valence-electron chi connectivity index (χ4n) is 2.97. The predicted molar refractivity (Wildman–Crippen MR) is 99.1 cm³/mol. The lowest BCUT2D eigenvalue weighted by atomic mass is 10.2. The molecule has 0 fully saturated rings. The molecule has 0 saturated carbocycles. The molecule has 9 heteroatoms. The summed E-state index contributed by atoms with van der Waals surface area (Å²) in [6.07, 6.45) is 3.06. The Bertz CT molecular complexity index is 1060. The van der Waals surface area contributed by atoms with Crippen LogP contribution in [0.3, 0.4) is 0 Å². The molecule has 1 aliphatic rings. The summed E-state index contributed by atoms with van der Waals surface area (Å²) in [5, 5.41) is 9.67. The van der Waals surface area contributed by atoms with Crippen molar-refractivity contribution in [2.45, 2.75) is 18.8 Å². The molecule has 4 rings (SSSR count). The molecule has 1 amide bonds. The number of carbonyl (C=O) groups excluding carboxylic acids is 1. The second-order valence-corrected chi connectivity index (χ2v) is 8.20. The van der Waals surface area contributed by atoms with E-state index in [1.54, 1.807) is 24.3 Å². The SMILES string of the molecule is O=C(Nc1n[nH]c2c1CN(S(=O)(=O)Cc1ccccc1)C2)c1ccncc1. The molecule has 0 aliphatic carbocycles. The first kappa shape index (κ1) is 17.4. The molecule has 0 unspecified atom stereocenters. The zero-order valence-corrected chi connectivity index (χ0v) is 15.1. The Labute approximate surface area is 156 Å². The smallest absolute Gasteiger partial charge is 0.256 e. The van der Waals surface area contributed by atoms with Gasteiger partial charge in [-0.25, -0.2) is 8.42 Å². The third kappa shape index (κ3) is 3.60. The van der Waals surface area contributed by atoms with Crippen LogP contribution < -0.4 is 5.32 Å². The van der Waals surface area contributed by atoms with Gasteiger partial charge in [0, 0.05) is 30.1 Å². The van der Waals surface area contributed by atoms with E-state index in [-0.39, 0.29) is 24.7 Å². The Balaban J connectivity index is 1.49. The first-order valence-corrected chi connectivity index (χ1v) is 9.93. The van der Waals surface area contributed by atoms with Crippen LogP contribution in [-0.4, -0.2) is 33.8 Å². The molecule has 1 aromatic carbocycles. The molecule has 8 nitrogen and oxygen atoms in total. The molecule has 0 atom stereocenters. The van der Waals surface area contributed by atoms with E-state index in [0.29, 0.717) is 22.6 Å². The molecular formula is C18H17N5O3S. The molecule has 2 N–H and O–H groups in total. The number of hydrogen-bond donors (Lipinski definition) is 2. The maximum absolute atomic E-state index is 12.7. The minimum absolute atomic E-state index is 0.0652. The molecule has 2 aromatic heterocycles. The van der Waals surface area contributed by atoms with Crippen LogP contribution in [0.25, 0.3) is 0 Å². The number of nitrogens with one attached hydrogen (secondary N) is 2. The van der Waals surface area contributed by atoms with Crippen LogP contribution in [0, 0.1) is 0 Å². The summed E-state index contributed by atoms with van der Waals surface area (Å²) in [6, 6.07) is 12.2. The first-order chi connectivity index (χ1) is 13.0. The molecule has 3 heterocycles. The molecule has 3 aromatic rings. The fraction of sp³-hybridized carbons (Fsp3) is 0.167. The van der Waals surface area contributed by atoms with Crippen molar-refractivity contribution >= 4 is 21.7 Å². The van der Waals surface area contributed by atoms with Crippen molar-refractivity contribution < 1.29 is 13.2 Å². The average Bonchev–Trinajstić information content (AvgIpc) is 3.25. The van der Waals surface area contributed by atoms with Crippen LogP contribution in [0.15, 0.2) is 54.9 Å². The summed E-state index contributed by atoms with van der Waals surface area (Å²) in [7, 11) is -3.48. The molecule has 0 spiro atoms. The van der Waals surface area contributed by atoms with E-state index in [2.05, 4.69) is 20.5 Å². The number of amides is 1. The number of pyridine rings is 1. The standard InChI is InChI=1S/C18H17N5O3S/c24-18(14-6-8-19-9-7-14)20-17-15-10-23(11-16(15)21-22-17)27(25,26)12-13-4-2-1-3-5-13/h1-9H,10-12H2,(H2,20,21,22,24). The highest BCUT2D eigenvalue weighted by atomic mass is 32.2. The Morgan fingerprint density at radius 1 is 1.11 bits per heavy atom. The Morgan fingerprint density at radius 3 is 2.59 bits per heavy atom. The van der Waals surface area contributed by atoms with E-state index in [0.717, 1.165) is 5.56 Å². The van der Waals surface area contributed by atoms with Gasteiger partial charge in [-0.05, 0) is 17.7 Å². The third-order valence-electron chi connectivity index (χ3n) is 4.38. The molecule has 27 heavy (non-hydrogen) atoms. The predicted octanol–water partition coefficient (Wildman–Crippen LogP) is 1.90. The number of anilines is 1. The van der Waals surface area contributed by atoms with Gasteiger partial charge in [0.05, 0.1) is 18.0 Å². The number of benzene rings is 1. The maximum Gasteiger partial charge on any atom is 0.256 e. The number of aromatic nitrogens is 3. The monoisotopic (exact) mass is 383 g/mol. The minimum Gasteiger partial charge on any atom is -0.305 e. The maximum atomic E-state index is 12.7. The second-order valence-electron chi connectivity index (χ2n) is 6.23. The lowest BCUT2D eigenvalue weighted by molar-refractivity contribution is 0.102. The molecule has 0 saturated heterocycles. The molecule has 0 radical (unpaired) electrons. The highest BCUT2D eigenvalue weighted by molar-refractivity contribution is 7.88. The summed E-state index contributed by atoms with van der Waals surface area (Å²) in [5.74, 6) is -0.0360. The van der Waals surface area contributed by atoms with Crippen LogP contribution in [0.1, 0.15) is 27.2 Å². The van der Waals surface area contributed by atoms with Gasteiger partial charge < -0.3 is 5.32 Å². The van der Waals surface area contributed by atoms with Gasteiger partial charge in [0.25, 0.3) is 5.91 Å². The van der Waals surface area contributed by atoms with Gasteiger partial charge in [-0.15, -0.1) is 0 Å². The van der Waals surface area contributed by atoms with Crippen molar-refractivity contribution in [3.8, 4) is 0 Å². The van der Waals surface area contributed by atoms with E-state index in [4.69, 9.17) is 0 Å². The number of aromatic amines is 1. The number of nitrogens with zero attached hydrogens (tertiary/aromatic N) is 3. The summed E-state index contributed by atoms with van der Waals surface area (Å²) in [5.41, 5.74) is 2.57. The van der Waals surface area contributed by atoms with E-state index in [1.165, 1.54) is 16.7 Å². The Morgan fingerprint density at radius 2 is 1.85 bits per heavy atom. The van der Waals surface area contributed by atoms with Crippen LogP contribution in [0.4, 0.5) is 5.82 Å². The fourth-order valence-corrected chi connectivity index (χ4v) is 4.42. The molecule has 1 aliphatic heterocycles. The number of sulfonamides is 1. The lowest BCUT2D eigenvalue weighted by Gasteiger charge is -2.16. The quantitative estimate of drug-likeness (QED) is 0.700. The van der Waals surface area contributed by atoms with Crippen LogP contribution >= 0.6 is 0 Å². The van der Waals surface area contributed by atoms with Gasteiger partial charge in [0.1, 0.15) is 0 Å². The van der Waals surface area contributed by atoms with Crippen LogP contribution in [0.2, 0.25) is 0 Å². The number of fused-ring (bicyclic) bond motifs is 1. The third-order valence-corrected chi connectivity index (χ3v) is 6.12. The number of hydrogen-bond acceptors (Lipinski definition) is 5. The second kappa shape index (κ2) is 6.93. The van der Waals surface area contributed by atoms with Crippen molar-refractivity contribution in [1.29, 1.82) is 0 Å². The van der Waals surface area contributed by atoms with Crippen molar-refractivity contribution in [3.63, 3.8) is 0 Å². The molecule has 138 valence electrons. The van der Waals surface area contributed by atoms with Gasteiger partial charge in [-0.3, -0.25) is 14.9 Å². The Kier molecular flexibility index (Phi) is 4.46. The number of carbonyl (C=O) groups is 1. The van der Waals surface area contributed by atoms with Gasteiger partial charge in [-0.1, -0.05) is 30.3 Å². The summed E-state index contributed by atoms with van der Waals surface area (Å²) >= 11 is 0. The van der Waals surface area contributed by atoms with Gasteiger partial charge in [-0.2, -0.15) is 9.40 Å². The van der Waals surface area contributed by atoms with E-state index in [1.807, 2.05) is 18.2 Å². The van der Waals surface area contributed by atoms with Gasteiger partial charge in [0.2, 0.25) is 10.0 Å². The van der Waals surface area contributed by atoms with Crippen LogP contribution in [0.5, 0.6) is 0 Å². The Hall–Kier alpha value is -3.04. The summed E-state index contributed by atoms with van der Waals surface area (Å²) in [6.45, 7) is 0.385. The zero-order valence-electron chi connectivity index (χ0n) is 14.3. The van der Waals surface area contributed by atoms with E-state index >= 15 is 0 Å². The summed E-state index contributed by atoms with van der Waals surface area (Å²) < 4.78 is 26.8. The van der Waals surface area contributed by atoms with Crippen molar-refractivity contribution in [1.82, 2.24) is 19.5 Å². The highest BCUT2D eigenvalue weighted by Gasteiger charge is 2.33. The van der Waals surface area contributed by atoms with Crippen molar-refractivity contribution in [3.05, 3.63) is 77.2 Å². The van der Waals surface area contributed by atoms with Gasteiger partial charge in [0.15, 0.2) is 5.82 Å². The van der Waals surface area contributed by atoms with Crippen molar-refractivity contribution in [2.24, 2.45) is 0 Å². The number of H-pyrrole nitrogens is 1. The van der Waals surface area contributed by atoms with Crippen LogP contribution in [-0.2, 0) is 28.9 Å². The molecular weight excluding hydrogens is 366 g/mol. The van der Waals surface area contributed by atoms with Gasteiger partial charge >= 0.3 is 0 Å². The summed E-state index contributed by atoms with van der Waals surface area (Å²) in [4.78, 5) is 16.2. The zero-order chi connectivity index (χ0) is 18.9. The lowest BCUT2D eigenvalue weighted by Crippen LogP contribution is -2.27. The normalized spacial score (nSPS) is 14.1. The minimum atomic E-state index is -3.48. The van der Waals surface area contributed by atoms with E-state index in [9.17, 15) is 13.2 Å².